The maximum atomic E-state index is 1.50. The van der Waals surface area contributed by atoms with Crippen LogP contribution in [0, 0.1) is 0 Å². The van der Waals surface area contributed by atoms with Crippen LogP contribution in [0.4, 0.5) is 0 Å². The molecule has 0 heteroatoms. The van der Waals surface area contributed by atoms with E-state index in [1.165, 1.54) is 148 Å². The fourth-order valence-corrected chi connectivity index (χ4v) is 1.25. The van der Waals surface area contributed by atoms with Gasteiger partial charge in [-0.05, 0) is 0 Å². The predicted molar refractivity (Wildman–Crippen MR) is 106 cm³/mol. The van der Waals surface area contributed by atoms with Gasteiger partial charge in [0.25, 0.3) is 0 Å². The van der Waals surface area contributed by atoms with Crippen molar-refractivity contribution in [2.45, 2.75) is 148 Å². The first kappa shape index (κ1) is 21.0. The molecule has 6 rings (SSSR count). The van der Waals surface area contributed by atoms with Crippen molar-refractivity contribution in [1.82, 2.24) is 0 Å². The van der Waals surface area contributed by atoms with Crippen molar-refractivity contribution >= 4 is 0 Å². The highest BCUT2D eigenvalue weighted by atomic mass is 14.0. The van der Waals surface area contributed by atoms with Gasteiger partial charge >= 0.3 is 0 Å². The van der Waals surface area contributed by atoms with Crippen LogP contribution in [-0.2, 0) is 0 Å². The van der Waals surface area contributed by atoms with Crippen LogP contribution < -0.4 is 0 Å². The molecule has 0 bridgehead atoms. The van der Waals surface area contributed by atoms with Crippen molar-refractivity contribution in [2.24, 2.45) is 0 Å². The zero-order chi connectivity index (χ0) is 16.3. The van der Waals surface area contributed by atoms with E-state index in [0.717, 1.165) is 0 Å². The third kappa shape index (κ3) is 20.0. The second-order valence-corrected chi connectivity index (χ2v) is 8.13. The highest BCUT2D eigenvalue weighted by Gasteiger charge is 1.97. The molecule has 0 nitrogen and oxygen atoms in total. The maximum Gasteiger partial charge on any atom is -0.0533 e. The van der Waals surface area contributed by atoms with E-state index in [9.17, 15) is 0 Å². The lowest BCUT2D eigenvalue weighted by atomic mass is 10.0. The highest BCUT2D eigenvalue weighted by Crippen LogP contribution is 2.16. The lowest BCUT2D eigenvalue weighted by Crippen LogP contribution is -1.85. The van der Waals surface area contributed by atoms with Gasteiger partial charge in [-0.2, -0.15) is 0 Å². The minimum absolute atomic E-state index is 1.50. The fourth-order valence-electron chi connectivity index (χ4n) is 1.25. The topological polar surface area (TPSA) is 0 Å². The Morgan fingerprint density at radius 1 is 0.0870 bits per heavy atom. The minimum Gasteiger partial charge on any atom is -0.0533 e. The second-order valence-electron chi connectivity index (χ2n) is 8.13. The van der Waals surface area contributed by atoms with Gasteiger partial charge in [0.05, 0.1) is 0 Å². The number of hydrogen-bond donors (Lipinski definition) is 0. The van der Waals surface area contributed by atoms with E-state index in [-0.39, 0.29) is 0 Å². The van der Waals surface area contributed by atoms with Gasteiger partial charge in [-0.1, -0.05) is 148 Å². The van der Waals surface area contributed by atoms with Crippen LogP contribution in [0.2, 0.25) is 0 Å². The molecule has 0 aromatic rings. The third-order valence-electron chi connectivity index (χ3n) is 5.35. The van der Waals surface area contributed by atoms with Crippen LogP contribution in [0.3, 0.4) is 0 Å². The molecule has 0 unspecified atom stereocenters. The van der Waals surface area contributed by atoms with Crippen LogP contribution in [0.1, 0.15) is 148 Å². The Bertz CT molecular complexity index is 117. The van der Waals surface area contributed by atoms with Crippen molar-refractivity contribution in [3.63, 3.8) is 0 Å². The monoisotopic (exact) mass is 322 g/mol. The molecule has 6 aliphatic rings. The first-order valence-corrected chi connectivity index (χ1v) is 11.5. The summed E-state index contributed by atoms with van der Waals surface area (Å²) in [6.07, 6.45) is 34.5. The van der Waals surface area contributed by atoms with Crippen LogP contribution in [0.5, 0.6) is 0 Å². The molecule has 6 fully saturated rings. The Morgan fingerprint density at radius 2 is 0.130 bits per heavy atom. The molecule has 0 aromatic heterocycles. The molecule has 0 aromatic carbocycles. The normalized spacial score (nSPS) is 24.0. The van der Waals surface area contributed by atoms with Gasteiger partial charge in [0.1, 0.15) is 0 Å². The van der Waals surface area contributed by atoms with Crippen LogP contribution in [0.15, 0.2) is 0 Å². The first-order valence-electron chi connectivity index (χ1n) is 11.5. The molecular weight excluding hydrogens is 276 g/mol. The van der Waals surface area contributed by atoms with Crippen LogP contribution >= 0.6 is 0 Å². The predicted octanol–water partition coefficient (Wildman–Crippen LogP) is 8.97. The molecule has 0 aliphatic heterocycles. The maximum absolute atomic E-state index is 1.50. The largest absolute Gasteiger partial charge is 0.0533 e. The summed E-state index contributed by atoms with van der Waals surface area (Å²) < 4.78 is 0. The van der Waals surface area contributed by atoms with Crippen molar-refractivity contribution < 1.29 is 0 Å². The molecule has 6 saturated carbocycles. The molecule has 0 amide bonds. The van der Waals surface area contributed by atoms with Crippen molar-refractivity contribution in [1.29, 1.82) is 0 Å². The van der Waals surface area contributed by atoms with Gasteiger partial charge in [-0.3, -0.25) is 0 Å². The van der Waals surface area contributed by atoms with E-state index in [2.05, 4.69) is 0 Å². The molecule has 0 radical (unpaired) electrons. The Morgan fingerprint density at radius 3 is 0.130 bits per heavy atom. The summed E-state index contributed by atoms with van der Waals surface area (Å²) >= 11 is 0. The Hall–Kier alpha value is 0. The lowest BCUT2D eigenvalue weighted by Gasteiger charge is -2.05. The Labute approximate surface area is 148 Å². The number of hydrogen-bond acceptors (Lipinski definition) is 0. The molecule has 0 saturated heterocycles. The summed E-state index contributed by atoms with van der Waals surface area (Å²) in [4.78, 5) is 0. The summed E-state index contributed by atoms with van der Waals surface area (Å²) in [7, 11) is 0. The summed E-state index contributed by atoms with van der Waals surface area (Å²) in [6, 6.07) is 0. The fraction of sp³-hybridized carbons (Fsp3) is 1.00. The van der Waals surface area contributed by atoms with E-state index >= 15 is 0 Å². The smallest absolute Gasteiger partial charge is 0.0533 e. The van der Waals surface area contributed by atoms with Crippen LogP contribution in [-0.4, -0.2) is 0 Å². The van der Waals surface area contributed by atoms with Gasteiger partial charge in [-0.25, -0.2) is 0 Å². The van der Waals surface area contributed by atoms with E-state index in [1.54, 1.807) is 0 Å². The zero-order valence-corrected chi connectivity index (χ0v) is 16.3. The Balaban J connectivity index is 0.000000138. The molecule has 0 atom stereocenters. The van der Waals surface area contributed by atoms with Gasteiger partial charge in [0, 0.05) is 0 Å². The molecule has 0 spiro atoms. The van der Waals surface area contributed by atoms with Crippen molar-refractivity contribution in [3.8, 4) is 0 Å². The van der Waals surface area contributed by atoms with Gasteiger partial charge in [0.2, 0.25) is 0 Å². The lowest BCUT2D eigenvalue weighted by molar-refractivity contribution is 0.504. The summed E-state index contributed by atoms with van der Waals surface area (Å²) in [5.41, 5.74) is 0. The van der Waals surface area contributed by atoms with E-state index in [1.807, 2.05) is 0 Å². The number of rotatable bonds is 0. The average molecular weight is 323 g/mol. The molecule has 23 heavy (non-hydrogen) atoms. The quantitative estimate of drug-likeness (QED) is 0.417. The summed E-state index contributed by atoms with van der Waals surface area (Å²) in [6.45, 7) is 0. The highest BCUT2D eigenvalue weighted by molar-refractivity contribution is 4.52. The van der Waals surface area contributed by atoms with E-state index in [4.69, 9.17) is 0 Å². The first-order chi connectivity index (χ1) is 11.5. The second kappa shape index (κ2) is 18.3. The van der Waals surface area contributed by atoms with Gasteiger partial charge in [0.15, 0.2) is 0 Å². The van der Waals surface area contributed by atoms with E-state index in [0.29, 0.717) is 0 Å². The molecule has 6 aliphatic carbocycles. The van der Waals surface area contributed by atoms with Gasteiger partial charge < -0.3 is 0 Å². The third-order valence-corrected chi connectivity index (χ3v) is 5.35. The summed E-state index contributed by atoms with van der Waals surface area (Å²) in [5.74, 6) is 0. The average Bonchev–Trinajstić information content (AvgIpc) is 2.82. The van der Waals surface area contributed by atoms with E-state index < -0.39 is 0 Å². The Kier molecular flexibility index (Phi) is 16.8. The van der Waals surface area contributed by atoms with Crippen molar-refractivity contribution in [3.05, 3.63) is 0 Å². The summed E-state index contributed by atoms with van der Waals surface area (Å²) in [5, 5.41) is 0. The molecular formula is C23H46. The minimum atomic E-state index is 1.50. The van der Waals surface area contributed by atoms with Gasteiger partial charge in [-0.15, -0.1) is 0 Å². The molecule has 0 heterocycles. The van der Waals surface area contributed by atoms with Crippen molar-refractivity contribution in [2.75, 3.05) is 0 Å². The standard InChI is InChI=1S/5C4H8.C3H6/c5*1-2-4-3-1;1-2-3-1/h5*1-4H2;1-3H2. The molecule has 138 valence electrons. The zero-order valence-electron chi connectivity index (χ0n) is 16.3. The molecule has 0 N–H and O–H groups in total. The van der Waals surface area contributed by atoms with Crippen LogP contribution in [0.25, 0.3) is 0 Å². The SMILES string of the molecule is C1CC1.C1CCC1.C1CCC1.C1CCC1.C1CCC1.C1CCC1.